The van der Waals surface area contributed by atoms with E-state index in [0.717, 1.165) is 12.1 Å². The summed E-state index contributed by atoms with van der Waals surface area (Å²) in [6.45, 7) is -0.874. The number of para-hydroxylation sites is 1. The quantitative estimate of drug-likeness (QED) is 0.166. The molecule has 3 aromatic rings. The predicted octanol–water partition coefficient (Wildman–Crippen LogP) is 2.22. The van der Waals surface area contributed by atoms with Gasteiger partial charge in [0.15, 0.2) is 9.84 Å². The Morgan fingerprint density at radius 2 is 1.41 bits per heavy atom. The zero-order valence-electron chi connectivity index (χ0n) is 18.7. The highest BCUT2D eigenvalue weighted by atomic mass is 32.3. The zero-order valence-corrected chi connectivity index (χ0v) is 21.2. The molecule has 198 valence electrons. The molecule has 0 unspecified atom stereocenters. The monoisotopic (exact) mass is 571 g/mol. The van der Waals surface area contributed by atoms with Crippen LogP contribution in [0.3, 0.4) is 0 Å². The van der Waals surface area contributed by atoms with Crippen LogP contribution >= 0.6 is 0 Å². The molecule has 0 aromatic heterocycles. The molecule has 1 amide bonds. The number of hydrogen-bond donors (Lipinski definition) is 5. The van der Waals surface area contributed by atoms with Gasteiger partial charge in [-0.05, 0) is 42.5 Å². The molecule has 3 aromatic carbocycles. The number of hydrazine groups is 1. The van der Waals surface area contributed by atoms with Crippen LogP contribution in [0.5, 0.6) is 0 Å². The van der Waals surface area contributed by atoms with Crippen molar-refractivity contribution in [2.75, 3.05) is 28.5 Å². The minimum atomic E-state index is -4.86. The van der Waals surface area contributed by atoms with Gasteiger partial charge in [-0.3, -0.25) is 19.3 Å². The first-order chi connectivity index (χ1) is 17.3. The average Bonchev–Trinajstić information content (AvgIpc) is 2.82. The zero-order chi connectivity index (χ0) is 27.3. The number of sulfone groups is 1. The third-order valence-electron chi connectivity index (χ3n) is 4.69. The Balaban J connectivity index is 1.92. The minimum absolute atomic E-state index is 0.0149. The van der Waals surface area contributed by atoms with E-state index in [1.165, 1.54) is 42.5 Å². The van der Waals surface area contributed by atoms with Crippen LogP contribution in [0.25, 0.3) is 0 Å². The first kappa shape index (κ1) is 28.0. The first-order valence-corrected chi connectivity index (χ1v) is 14.7. The molecule has 37 heavy (non-hydrogen) atoms. The smallest absolute Gasteiger partial charge is 0.321 e. The maximum Gasteiger partial charge on any atom is 0.397 e. The molecule has 0 saturated heterocycles. The molecule has 3 rings (SSSR count). The highest BCUT2D eigenvalue weighted by Crippen LogP contribution is 2.28. The van der Waals surface area contributed by atoms with E-state index in [1.807, 2.05) is 0 Å². The third kappa shape index (κ3) is 7.97. The van der Waals surface area contributed by atoms with Gasteiger partial charge in [-0.1, -0.05) is 30.3 Å². The number of benzene rings is 3. The molecule has 5 N–H and O–H groups in total. The van der Waals surface area contributed by atoms with Gasteiger partial charge in [-0.15, -0.1) is 0 Å². The van der Waals surface area contributed by atoms with E-state index in [-0.39, 0.29) is 27.5 Å². The van der Waals surface area contributed by atoms with Crippen LogP contribution in [-0.2, 0) is 34.5 Å². The van der Waals surface area contributed by atoms with E-state index >= 15 is 0 Å². The second-order valence-electron chi connectivity index (χ2n) is 7.32. The Hall–Kier alpha value is -3.54. The normalized spacial score (nSPS) is 12.1. The SMILES string of the molecule is O=C(Nc1cc(NNc2ccccc2S(=O)(=O)O)ccc1S(=O)(=O)CCOS(=O)(=O)O)c1ccccc1. The Kier molecular flexibility index (Phi) is 8.52. The van der Waals surface area contributed by atoms with E-state index < -0.39 is 53.5 Å². The molecule has 0 spiro atoms. The maximum absolute atomic E-state index is 12.9. The lowest BCUT2D eigenvalue weighted by Crippen LogP contribution is -2.19. The number of carbonyl (C=O) groups is 1. The largest absolute Gasteiger partial charge is 0.397 e. The van der Waals surface area contributed by atoms with Crippen molar-refractivity contribution >= 4 is 53.3 Å². The molecular formula is C21H21N3O10S3. The van der Waals surface area contributed by atoms with Crippen LogP contribution in [0.1, 0.15) is 10.4 Å². The van der Waals surface area contributed by atoms with Crippen LogP contribution in [0.4, 0.5) is 17.1 Å². The van der Waals surface area contributed by atoms with Crippen LogP contribution in [0.15, 0.2) is 82.6 Å². The number of amides is 1. The van der Waals surface area contributed by atoms with E-state index in [9.17, 15) is 34.6 Å². The third-order valence-corrected chi connectivity index (χ3v) is 7.80. The van der Waals surface area contributed by atoms with Crippen molar-refractivity contribution in [2.24, 2.45) is 0 Å². The number of hydrogen-bond acceptors (Lipinski definition) is 10. The van der Waals surface area contributed by atoms with Crippen molar-refractivity contribution in [1.29, 1.82) is 0 Å². The van der Waals surface area contributed by atoms with Crippen molar-refractivity contribution in [3.8, 4) is 0 Å². The molecule has 0 aliphatic rings. The van der Waals surface area contributed by atoms with Gasteiger partial charge in [0.05, 0.1) is 34.3 Å². The Labute approximate surface area is 213 Å². The summed E-state index contributed by atoms with van der Waals surface area (Å²) < 4.78 is 92.6. The molecule has 0 fully saturated rings. The molecule has 0 aliphatic heterocycles. The van der Waals surface area contributed by atoms with Gasteiger partial charge in [0.25, 0.3) is 16.0 Å². The van der Waals surface area contributed by atoms with Crippen molar-refractivity contribution in [2.45, 2.75) is 9.79 Å². The fraction of sp³-hybridized carbons (Fsp3) is 0.0952. The number of rotatable bonds is 11. The van der Waals surface area contributed by atoms with Crippen molar-refractivity contribution in [3.05, 3.63) is 78.4 Å². The topological polar surface area (TPSA) is 205 Å². The highest BCUT2D eigenvalue weighted by Gasteiger charge is 2.22. The molecule has 0 saturated carbocycles. The molecule has 0 heterocycles. The van der Waals surface area contributed by atoms with Gasteiger partial charge in [0.1, 0.15) is 4.90 Å². The standard InChI is InChI=1S/C21H21N3O10S3/c25-21(15-6-2-1-3-7-15)22-18-14-16(23-24-17-8-4-5-9-20(17)36(28,29)30)10-11-19(18)35(26,27)13-12-34-37(31,32)33/h1-11,14,23-24H,12-13H2,(H,22,25)(H,28,29,30)(H,31,32,33). The van der Waals surface area contributed by atoms with Crippen LogP contribution in [0, 0.1) is 0 Å². The lowest BCUT2D eigenvalue weighted by molar-refractivity contribution is 0.102. The fourth-order valence-electron chi connectivity index (χ4n) is 3.05. The Bertz CT molecular complexity index is 1610. The lowest BCUT2D eigenvalue weighted by atomic mass is 10.2. The highest BCUT2D eigenvalue weighted by molar-refractivity contribution is 7.91. The number of carbonyl (C=O) groups excluding carboxylic acids is 1. The van der Waals surface area contributed by atoms with Crippen LogP contribution in [0.2, 0.25) is 0 Å². The summed E-state index contributed by atoms with van der Waals surface area (Å²) in [4.78, 5) is 11.9. The molecule has 0 bridgehead atoms. The van der Waals surface area contributed by atoms with Gasteiger partial charge in [-0.2, -0.15) is 16.8 Å². The average molecular weight is 572 g/mol. The lowest BCUT2D eigenvalue weighted by Gasteiger charge is -2.16. The molecule has 13 nitrogen and oxygen atoms in total. The van der Waals surface area contributed by atoms with E-state index in [2.05, 4.69) is 20.4 Å². The van der Waals surface area contributed by atoms with Crippen molar-refractivity contribution < 1.29 is 43.3 Å². The summed E-state index contributed by atoms with van der Waals surface area (Å²) >= 11 is 0. The number of anilines is 3. The molecule has 0 aliphatic carbocycles. The van der Waals surface area contributed by atoms with E-state index in [1.54, 1.807) is 18.2 Å². The molecular weight excluding hydrogens is 550 g/mol. The van der Waals surface area contributed by atoms with Gasteiger partial charge in [0.2, 0.25) is 0 Å². The van der Waals surface area contributed by atoms with Crippen molar-refractivity contribution in [1.82, 2.24) is 0 Å². The summed E-state index contributed by atoms with van der Waals surface area (Å²) in [7, 11) is -13.6. The van der Waals surface area contributed by atoms with Crippen LogP contribution < -0.4 is 16.2 Å². The second kappa shape index (κ2) is 11.2. The van der Waals surface area contributed by atoms with E-state index in [4.69, 9.17) is 4.55 Å². The van der Waals surface area contributed by atoms with E-state index in [0.29, 0.717) is 0 Å². The maximum atomic E-state index is 12.9. The fourth-order valence-corrected chi connectivity index (χ4v) is 5.34. The molecule has 0 radical (unpaired) electrons. The van der Waals surface area contributed by atoms with Gasteiger partial charge in [0, 0.05) is 5.56 Å². The number of nitrogens with one attached hydrogen (secondary N) is 3. The second-order valence-corrected chi connectivity index (χ2v) is 11.9. The first-order valence-electron chi connectivity index (χ1n) is 10.2. The summed E-state index contributed by atoms with van der Waals surface area (Å²) in [5.41, 5.74) is 5.46. The predicted molar refractivity (Wildman–Crippen MR) is 134 cm³/mol. The summed E-state index contributed by atoms with van der Waals surface area (Å²) in [5, 5.41) is 2.48. The minimum Gasteiger partial charge on any atom is -0.321 e. The summed E-state index contributed by atoms with van der Waals surface area (Å²) in [6.07, 6.45) is 0. The van der Waals surface area contributed by atoms with Crippen molar-refractivity contribution in [3.63, 3.8) is 0 Å². The Morgan fingerprint density at radius 1 is 0.757 bits per heavy atom. The summed E-state index contributed by atoms with van der Waals surface area (Å²) in [5.74, 6) is -1.48. The van der Waals surface area contributed by atoms with Gasteiger partial charge in [-0.25, -0.2) is 12.6 Å². The molecule has 16 heteroatoms. The molecule has 0 atom stereocenters. The van der Waals surface area contributed by atoms with Gasteiger partial charge < -0.3 is 10.7 Å². The Morgan fingerprint density at radius 3 is 2.05 bits per heavy atom. The van der Waals surface area contributed by atoms with Crippen LogP contribution in [-0.4, -0.2) is 52.6 Å². The van der Waals surface area contributed by atoms with Gasteiger partial charge >= 0.3 is 10.4 Å². The summed E-state index contributed by atoms with van der Waals surface area (Å²) in [6, 6.07) is 17.0.